The van der Waals surface area contributed by atoms with Gasteiger partial charge in [-0.25, -0.2) is 9.79 Å². The number of rotatable bonds is 5. The van der Waals surface area contributed by atoms with Gasteiger partial charge in [-0.15, -0.1) is 11.3 Å². The molecule has 7 nitrogen and oxygen atoms in total. The zero-order valence-electron chi connectivity index (χ0n) is 17.4. The molecule has 0 amide bonds. The number of hydrogen-bond donors (Lipinski definition) is 0. The lowest BCUT2D eigenvalue weighted by Gasteiger charge is -2.22. The quantitative estimate of drug-likeness (QED) is 0.551. The third-order valence-electron chi connectivity index (χ3n) is 4.95. The average Bonchev–Trinajstić information content (AvgIpc) is 3.41. The van der Waals surface area contributed by atoms with E-state index in [1.54, 1.807) is 43.9 Å². The summed E-state index contributed by atoms with van der Waals surface area (Å²) < 4.78 is 17.7. The molecule has 0 saturated carbocycles. The van der Waals surface area contributed by atoms with Crippen LogP contribution >= 0.6 is 22.7 Å². The number of carbonyl (C=O) groups is 1. The van der Waals surface area contributed by atoms with Gasteiger partial charge >= 0.3 is 5.97 Å². The van der Waals surface area contributed by atoms with Crippen molar-refractivity contribution in [3.05, 3.63) is 77.1 Å². The monoisotopic (exact) mass is 456 g/mol. The molecule has 1 aliphatic rings. The Kier molecular flexibility index (Phi) is 5.79. The number of fused-ring (bicyclic) bond motifs is 1. The summed E-state index contributed by atoms with van der Waals surface area (Å²) in [6.45, 7) is 1.76. The summed E-state index contributed by atoms with van der Waals surface area (Å²) in [6.07, 6.45) is 1.79. The van der Waals surface area contributed by atoms with Gasteiger partial charge in [-0.05, 0) is 42.1 Å². The number of aromatic nitrogens is 1. The van der Waals surface area contributed by atoms with Crippen LogP contribution < -0.4 is 24.4 Å². The Hall–Kier alpha value is -3.17. The molecule has 3 heterocycles. The molecule has 0 spiro atoms. The highest BCUT2D eigenvalue weighted by Crippen LogP contribution is 2.33. The Morgan fingerprint density at radius 3 is 2.58 bits per heavy atom. The summed E-state index contributed by atoms with van der Waals surface area (Å²) in [5.74, 6) is 0.690. The summed E-state index contributed by atoms with van der Waals surface area (Å²) in [6, 6.07) is 8.67. The molecule has 1 atom stereocenters. The van der Waals surface area contributed by atoms with Gasteiger partial charge in [0.05, 0.1) is 37.1 Å². The molecule has 4 rings (SSSR count). The van der Waals surface area contributed by atoms with Gasteiger partial charge in [0.15, 0.2) is 16.3 Å². The van der Waals surface area contributed by atoms with Crippen molar-refractivity contribution >= 4 is 34.7 Å². The maximum atomic E-state index is 13.4. The van der Waals surface area contributed by atoms with Crippen molar-refractivity contribution in [3.8, 4) is 11.5 Å². The van der Waals surface area contributed by atoms with Crippen molar-refractivity contribution in [3.63, 3.8) is 0 Å². The summed E-state index contributed by atoms with van der Waals surface area (Å²) in [4.78, 5) is 31.9. The molecule has 0 unspecified atom stereocenters. The van der Waals surface area contributed by atoms with Crippen molar-refractivity contribution in [1.82, 2.24) is 4.57 Å². The zero-order chi connectivity index (χ0) is 22.1. The van der Waals surface area contributed by atoms with Crippen LogP contribution in [0, 0.1) is 0 Å². The minimum atomic E-state index is -0.573. The van der Waals surface area contributed by atoms with Crippen molar-refractivity contribution in [2.45, 2.75) is 13.0 Å². The van der Waals surface area contributed by atoms with Crippen LogP contribution in [0.1, 0.15) is 23.4 Å². The largest absolute Gasteiger partial charge is 0.493 e. The topological polar surface area (TPSA) is 79.1 Å². The SMILES string of the molecule is COC(=O)C1=C(C)N=c2s/c(=C/c3ccc(OC)c(OC)c3)c(=O)n2[C@@H]1c1cccs1. The van der Waals surface area contributed by atoms with Gasteiger partial charge in [0.25, 0.3) is 5.56 Å². The number of carbonyl (C=O) groups excluding carboxylic acids is 1. The second-order valence-corrected chi connectivity index (χ2v) is 8.69. The number of thiophene rings is 1. The molecule has 0 saturated heterocycles. The summed E-state index contributed by atoms with van der Waals surface area (Å²) >= 11 is 2.76. The van der Waals surface area contributed by atoms with E-state index < -0.39 is 12.0 Å². The molecule has 3 aromatic rings. The number of hydrogen-bond acceptors (Lipinski definition) is 8. The highest BCUT2D eigenvalue weighted by Gasteiger charge is 2.33. The van der Waals surface area contributed by atoms with Crippen LogP contribution in [0.5, 0.6) is 11.5 Å². The highest BCUT2D eigenvalue weighted by molar-refractivity contribution is 7.10. The van der Waals surface area contributed by atoms with Crippen LogP contribution in [0.4, 0.5) is 0 Å². The van der Waals surface area contributed by atoms with E-state index in [4.69, 9.17) is 14.2 Å². The molecule has 0 bridgehead atoms. The van der Waals surface area contributed by atoms with Crippen molar-refractivity contribution in [1.29, 1.82) is 0 Å². The summed E-state index contributed by atoms with van der Waals surface area (Å²) in [5, 5.41) is 1.92. The standard InChI is InChI=1S/C22H20N2O5S2/c1-12-18(21(26)29-4)19(16-6-5-9-30-16)24-20(25)17(31-22(24)23-12)11-13-7-8-14(27-2)15(10-13)28-3/h5-11,19H,1-4H3/b17-11+/t19-/m1/s1. The predicted molar refractivity (Wildman–Crippen MR) is 120 cm³/mol. The molecule has 0 aliphatic carbocycles. The Morgan fingerprint density at radius 1 is 1.16 bits per heavy atom. The predicted octanol–water partition coefficient (Wildman–Crippen LogP) is 2.49. The summed E-state index contributed by atoms with van der Waals surface area (Å²) in [5.41, 5.74) is 1.49. The van der Waals surface area contributed by atoms with Gasteiger partial charge in [-0.3, -0.25) is 9.36 Å². The van der Waals surface area contributed by atoms with Crippen LogP contribution in [0.3, 0.4) is 0 Å². The number of thiazole rings is 1. The van der Waals surface area contributed by atoms with Gasteiger partial charge in [-0.1, -0.05) is 23.5 Å². The summed E-state index contributed by atoms with van der Waals surface area (Å²) in [7, 11) is 4.46. The molecule has 31 heavy (non-hydrogen) atoms. The lowest BCUT2D eigenvalue weighted by molar-refractivity contribution is -0.136. The zero-order valence-corrected chi connectivity index (χ0v) is 19.0. The number of ether oxygens (including phenoxy) is 3. The molecular formula is C22H20N2O5S2. The van der Waals surface area contributed by atoms with E-state index in [1.807, 2.05) is 23.6 Å². The fourth-order valence-electron chi connectivity index (χ4n) is 3.50. The second kappa shape index (κ2) is 8.52. The smallest absolute Gasteiger partial charge is 0.338 e. The average molecular weight is 457 g/mol. The molecular weight excluding hydrogens is 436 g/mol. The first-order valence-corrected chi connectivity index (χ1v) is 11.0. The third-order valence-corrected chi connectivity index (χ3v) is 6.85. The highest BCUT2D eigenvalue weighted by atomic mass is 32.1. The van der Waals surface area contributed by atoms with E-state index in [0.29, 0.717) is 32.1 Å². The molecule has 0 radical (unpaired) electrons. The van der Waals surface area contributed by atoms with Crippen molar-refractivity contribution < 1.29 is 19.0 Å². The van der Waals surface area contributed by atoms with Gasteiger partial charge in [0, 0.05) is 4.88 Å². The first-order chi connectivity index (χ1) is 15.0. The van der Waals surface area contributed by atoms with Crippen molar-refractivity contribution in [2.24, 2.45) is 4.99 Å². The first-order valence-electron chi connectivity index (χ1n) is 9.34. The Morgan fingerprint density at radius 2 is 1.94 bits per heavy atom. The molecule has 9 heteroatoms. The van der Waals surface area contributed by atoms with Crippen molar-refractivity contribution in [2.75, 3.05) is 21.3 Å². The number of esters is 1. The first kappa shape index (κ1) is 21.1. The fraction of sp³-hybridized carbons (Fsp3) is 0.227. The van der Waals surface area contributed by atoms with Crippen LogP contribution in [0.25, 0.3) is 6.08 Å². The van der Waals surface area contributed by atoms with Gasteiger partial charge < -0.3 is 14.2 Å². The van der Waals surface area contributed by atoms with Gasteiger partial charge in [-0.2, -0.15) is 0 Å². The minimum absolute atomic E-state index is 0.217. The molecule has 2 aromatic heterocycles. The molecule has 1 aromatic carbocycles. The van der Waals surface area contributed by atoms with Crippen LogP contribution in [0.2, 0.25) is 0 Å². The van der Waals surface area contributed by atoms with Gasteiger partial charge in [0.2, 0.25) is 0 Å². The van der Waals surface area contributed by atoms with E-state index in [9.17, 15) is 9.59 Å². The molecule has 0 N–H and O–H groups in total. The maximum Gasteiger partial charge on any atom is 0.338 e. The normalized spacial score (nSPS) is 16.0. The Bertz CT molecular complexity index is 1350. The van der Waals surface area contributed by atoms with E-state index in [0.717, 1.165) is 10.4 Å². The van der Waals surface area contributed by atoms with E-state index in [-0.39, 0.29) is 5.56 Å². The van der Waals surface area contributed by atoms with E-state index >= 15 is 0 Å². The minimum Gasteiger partial charge on any atom is -0.493 e. The fourth-order valence-corrected chi connectivity index (χ4v) is 5.37. The lowest BCUT2D eigenvalue weighted by Crippen LogP contribution is -2.39. The van der Waals surface area contributed by atoms with E-state index in [1.165, 1.54) is 29.8 Å². The molecule has 160 valence electrons. The number of allylic oxidation sites excluding steroid dienone is 1. The van der Waals surface area contributed by atoms with Crippen LogP contribution in [0.15, 0.2) is 56.8 Å². The molecule has 1 aliphatic heterocycles. The number of methoxy groups -OCH3 is 3. The third kappa shape index (κ3) is 3.70. The molecule has 0 fully saturated rings. The van der Waals surface area contributed by atoms with Crippen LogP contribution in [-0.2, 0) is 9.53 Å². The van der Waals surface area contributed by atoms with Crippen LogP contribution in [-0.4, -0.2) is 31.9 Å². The Balaban J connectivity index is 1.92. The second-order valence-electron chi connectivity index (χ2n) is 6.70. The Labute approximate surface area is 186 Å². The van der Waals surface area contributed by atoms with E-state index in [2.05, 4.69) is 4.99 Å². The lowest BCUT2D eigenvalue weighted by atomic mass is 10.0. The van der Waals surface area contributed by atoms with Gasteiger partial charge in [0.1, 0.15) is 6.04 Å². The maximum absolute atomic E-state index is 13.4. The number of nitrogens with zero attached hydrogens (tertiary/aromatic N) is 2. The number of benzene rings is 1.